The molecule has 1 aromatic rings. The third-order valence-electron chi connectivity index (χ3n) is 4.22. The molecule has 95 valence electrons. The first-order chi connectivity index (χ1) is 8.45. The number of piperidine rings is 1. The number of halogens is 3. The summed E-state index contributed by atoms with van der Waals surface area (Å²) in [5.41, 5.74) is 0.259. The fraction of sp³-hybridized carbons (Fsp3) is 0.538. The van der Waals surface area contributed by atoms with Gasteiger partial charge in [-0.3, -0.25) is 0 Å². The molecule has 0 amide bonds. The lowest BCUT2D eigenvalue weighted by Gasteiger charge is -2.17. The van der Waals surface area contributed by atoms with Crippen LogP contribution in [0.4, 0.5) is 13.2 Å². The van der Waals surface area contributed by atoms with Gasteiger partial charge in [-0.2, -0.15) is 13.2 Å². The minimum atomic E-state index is -4.25. The van der Waals surface area contributed by atoms with Crippen LogP contribution in [0.5, 0.6) is 0 Å². The molecule has 0 bridgehead atoms. The number of alkyl halides is 3. The summed E-state index contributed by atoms with van der Waals surface area (Å²) in [6.07, 6.45) is -4.25. The Morgan fingerprint density at radius 2 is 1.67 bits per heavy atom. The van der Waals surface area contributed by atoms with Gasteiger partial charge in [0.1, 0.15) is 0 Å². The molecule has 18 heavy (non-hydrogen) atoms. The normalized spacial score (nSPS) is 31.2. The van der Waals surface area contributed by atoms with Gasteiger partial charge in [0.15, 0.2) is 0 Å². The second-order valence-corrected chi connectivity index (χ2v) is 5.39. The largest absolute Gasteiger partial charge is 0.416 e. The molecule has 1 heterocycles. The molecular weight excluding hydrogens is 238 g/mol. The van der Waals surface area contributed by atoms with Gasteiger partial charge >= 0.3 is 6.18 Å². The molecule has 2 fully saturated rings. The molecule has 1 aliphatic carbocycles. The molecule has 0 aromatic heterocycles. The first-order valence-corrected chi connectivity index (χ1v) is 6.21. The lowest BCUT2D eigenvalue weighted by molar-refractivity contribution is -0.137. The van der Waals surface area contributed by atoms with Gasteiger partial charge < -0.3 is 4.81 Å². The summed E-state index contributed by atoms with van der Waals surface area (Å²) in [5, 5.41) is 0. The second kappa shape index (κ2) is 4.02. The molecule has 2 aliphatic rings. The van der Waals surface area contributed by atoms with E-state index in [0.717, 1.165) is 48.4 Å². The molecular formula is C13H14BF3N. The predicted octanol–water partition coefficient (Wildman–Crippen LogP) is 2.15. The Morgan fingerprint density at radius 3 is 2.17 bits per heavy atom. The third-order valence-corrected chi connectivity index (χ3v) is 4.22. The standard InChI is InChI=1S/C13H14BF3N/c1-8-11-6-18(7-12(8)11)14-10-4-2-9(3-5-10)13(15,16)17/h2-5,8,11-12H,6-7H2,1H3. The van der Waals surface area contributed by atoms with Gasteiger partial charge in [0.05, 0.1) is 5.56 Å². The van der Waals surface area contributed by atoms with Crippen LogP contribution < -0.4 is 5.46 Å². The molecule has 1 aliphatic heterocycles. The average molecular weight is 252 g/mol. The third kappa shape index (κ3) is 2.16. The molecule has 1 saturated carbocycles. The zero-order valence-corrected chi connectivity index (χ0v) is 10.1. The Labute approximate surface area is 105 Å². The number of rotatable bonds is 2. The first-order valence-electron chi connectivity index (χ1n) is 6.21. The van der Waals surface area contributed by atoms with Crippen molar-refractivity contribution in [1.29, 1.82) is 0 Å². The quantitative estimate of drug-likeness (QED) is 0.729. The van der Waals surface area contributed by atoms with Gasteiger partial charge in [0, 0.05) is 0 Å². The van der Waals surface area contributed by atoms with Gasteiger partial charge in [-0.25, -0.2) is 0 Å². The van der Waals surface area contributed by atoms with Gasteiger partial charge in [-0.05, 0) is 30.8 Å². The molecule has 0 N–H and O–H groups in total. The molecule has 5 heteroatoms. The van der Waals surface area contributed by atoms with Gasteiger partial charge in [-0.1, -0.05) is 36.7 Å². The van der Waals surface area contributed by atoms with Crippen molar-refractivity contribution in [2.24, 2.45) is 17.8 Å². The smallest absolute Gasteiger partial charge is 0.342 e. The average Bonchev–Trinajstić information content (AvgIpc) is 2.75. The van der Waals surface area contributed by atoms with Crippen molar-refractivity contribution in [3.05, 3.63) is 29.8 Å². The van der Waals surface area contributed by atoms with Crippen LogP contribution in [0.15, 0.2) is 24.3 Å². The Balaban J connectivity index is 1.61. The van der Waals surface area contributed by atoms with E-state index in [1.807, 2.05) is 7.41 Å². The van der Waals surface area contributed by atoms with E-state index in [2.05, 4.69) is 11.7 Å². The van der Waals surface area contributed by atoms with E-state index in [9.17, 15) is 13.2 Å². The SMILES string of the molecule is CC1C2CN([B]c3ccc(C(F)(F)F)cc3)CC12. The number of hydrogen-bond acceptors (Lipinski definition) is 1. The molecule has 1 nitrogen and oxygen atoms in total. The van der Waals surface area contributed by atoms with Crippen molar-refractivity contribution in [3.8, 4) is 0 Å². The maximum Gasteiger partial charge on any atom is 0.416 e. The van der Waals surface area contributed by atoms with E-state index in [-0.39, 0.29) is 0 Å². The molecule has 1 aromatic carbocycles. The lowest BCUT2D eigenvalue weighted by Crippen LogP contribution is -2.36. The Morgan fingerprint density at radius 1 is 1.11 bits per heavy atom. The summed E-state index contributed by atoms with van der Waals surface area (Å²) >= 11 is 0. The predicted molar refractivity (Wildman–Crippen MR) is 64.5 cm³/mol. The Bertz CT molecular complexity index is 431. The zero-order valence-electron chi connectivity index (χ0n) is 10.1. The van der Waals surface area contributed by atoms with Gasteiger partial charge in [-0.15, -0.1) is 0 Å². The number of benzene rings is 1. The molecule has 2 atom stereocenters. The van der Waals surface area contributed by atoms with Crippen molar-refractivity contribution >= 4 is 12.9 Å². The number of fused-ring (bicyclic) bond motifs is 1. The van der Waals surface area contributed by atoms with Crippen molar-refractivity contribution in [2.45, 2.75) is 13.1 Å². The van der Waals surface area contributed by atoms with Crippen molar-refractivity contribution < 1.29 is 13.2 Å². The van der Waals surface area contributed by atoms with Crippen LogP contribution in [0, 0.1) is 17.8 Å². The molecule has 1 radical (unpaired) electrons. The minimum absolute atomic E-state index is 0.586. The summed E-state index contributed by atoms with van der Waals surface area (Å²) in [6, 6.07) is 5.36. The summed E-state index contributed by atoms with van der Waals surface area (Å²) in [5.74, 6) is 2.44. The second-order valence-electron chi connectivity index (χ2n) is 5.39. The van der Waals surface area contributed by atoms with E-state index in [4.69, 9.17) is 0 Å². The fourth-order valence-corrected chi connectivity index (χ4v) is 2.93. The summed E-state index contributed by atoms with van der Waals surface area (Å²) in [7, 11) is 1.97. The highest BCUT2D eigenvalue weighted by Crippen LogP contribution is 2.50. The van der Waals surface area contributed by atoms with E-state index in [1.165, 1.54) is 12.1 Å². The molecule has 1 saturated heterocycles. The lowest BCUT2D eigenvalue weighted by atomic mass is 9.80. The highest BCUT2D eigenvalue weighted by Gasteiger charge is 2.52. The summed E-state index contributed by atoms with van der Waals surface area (Å²) < 4.78 is 37.2. The van der Waals surface area contributed by atoms with Crippen molar-refractivity contribution in [2.75, 3.05) is 13.1 Å². The van der Waals surface area contributed by atoms with Crippen LogP contribution in [0.25, 0.3) is 0 Å². The van der Waals surface area contributed by atoms with Crippen LogP contribution in [0.3, 0.4) is 0 Å². The van der Waals surface area contributed by atoms with E-state index >= 15 is 0 Å². The monoisotopic (exact) mass is 252 g/mol. The summed E-state index contributed by atoms with van der Waals surface area (Å²) in [4.78, 5) is 2.22. The number of nitrogens with zero attached hydrogens (tertiary/aromatic N) is 1. The van der Waals surface area contributed by atoms with Gasteiger partial charge in [0.2, 0.25) is 7.41 Å². The first kappa shape index (κ1) is 12.1. The molecule has 0 spiro atoms. The van der Waals surface area contributed by atoms with Crippen LogP contribution in [0.1, 0.15) is 12.5 Å². The summed E-state index contributed by atoms with van der Waals surface area (Å²) in [6.45, 7) is 4.37. The number of hydrogen-bond donors (Lipinski definition) is 0. The molecule has 3 rings (SSSR count). The van der Waals surface area contributed by atoms with Gasteiger partial charge in [0.25, 0.3) is 0 Å². The highest BCUT2D eigenvalue weighted by atomic mass is 19.4. The highest BCUT2D eigenvalue weighted by molar-refractivity contribution is 6.50. The Hall–Kier alpha value is -0.965. The Kier molecular flexibility index (Phi) is 2.70. The van der Waals surface area contributed by atoms with Crippen LogP contribution in [-0.4, -0.2) is 25.3 Å². The van der Waals surface area contributed by atoms with Crippen LogP contribution in [0.2, 0.25) is 0 Å². The van der Waals surface area contributed by atoms with E-state index in [0.29, 0.717) is 0 Å². The molecule has 2 unspecified atom stereocenters. The topological polar surface area (TPSA) is 3.24 Å². The maximum absolute atomic E-state index is 12.4. The maximum atomic E-state index is 12.4. The van der Waals surface area contributed by atoms with E-state index in [1.54, 1.807) is 0 Å². The van der Waals surface area contributed by atoms with Crippen LogP contribution >= 0.6 is 0 Å². The zero-order chi connectivity index (χ0) is 12.9. The van der Waals surface area contributed by atoms with E-state index < -0.39 is 11.7 Å². The fourth-order valence-electron chi connectivity index (χ4n) is 2.93. The van der Waals surface area contributed by atoms with Crippen LogP contribution in [-0.2, 0) is 6.18 Å². The minimum Gasteiger partial charge on any atom is -0.342 e. The van der Waals surface area contributed by atoms with Crippen molar-refractivity contribution in [1.82, 2.24) is 4.81 Å². The van der Waals surface area contributed by atoms with Crippen molar-refractivity contribution in [3.63, 3.8) is 0 Å².